The fraction of sp³-hybridized carbons (Fsp3) is 0.333. The highest BCUT2D eigenvalue weighted by molar-refractivity contribution is 5.91. The summed E-state index contributed by atoms with van der Waals surface area (Å²) in [6.45, 7) is 1.28. The number of rotatable bonds is 3. The van der Waals surface area contributed by atoms with Crippen LogP contribution < -0.4 is 0 Å². The number of ether oxygens (including phenoxy) is 1. The molecule has 1 unspecified atom stereocenters. The second-order valence-electron chi connectivity index (χ2n) is 4.53. The maximum Gasteiger partial charge on any atom is 0.246 e. The normalized spacial score (nSPS) is 19.0. The number of hydrogen-bond donors (Lipinski definition) is 1. The van der Waals surface area contributed by atoms with E-state index in [1.807, 2.05) is 6.07 Å². The third kappa shape index (κ3) is 3.67. The molecule has 5 heteroatoms. The van der Waals surface area contributed by atoms with Crippen LogP contribution in [0.15, 0.2) is 30.3 Å². The Morgan fingerprint density at radius 3 is 3.20 bits per heavy atom. The predicted octanol–water partition coefficient (Wildman–Crippen LogP) is 0.791. The van der Waals surface area contributed by atoms with Gasteiger partial charge in [-0.15, -0.1) is 0 Å². The molecule has 1 atom stereocenters. The van der Waals surface area contributed by atoms with E-state index in [9.17, 15) is 4.79 Å². The zero-order chi connectivity index (χ0) is 14.4. The predicted molar refractivity (Wildman–Crippen MR) is 73.6 cm³/mol. The first-order valence-electron chi connectivity index (χ1n) is 6.42. The van der Waals surface area contributed by atoms with Gasteiger partial charge >= 0.3 is 0 Å². The van der Waals surface area contributed by atoms with Gasteiger partial charge in [0.25, 0.3) is 0 Å². The van der Waals surface area contributed by atoms with Crippen LogP contribution in [0, 0.1) is 11.3 Å². The summed E-state index contributed by atoms with van der Waals surface area (Å²) in [6, 6.07) is 9.11. The number of aliphatic hydroxyl groups is 1. The van der Waals surface area contributed by atoms with Gasteiger partial charge in [-0.2, -0.15) is 5.26 Å². The number of hydrogen-bond acceptors (Lipinski definition) is 4. The van der Waals surface area contributed by atoms with Crippen molar-refractivity contribution in [1.29, 1.82) is 5.26 Å². The maximum atomic E-state index is 12.0. The third-order valence-corrected chi connectivity index (χ3v) is 3.09. The number of nitrogens with zero attached hydrogens (tertiary/aromatic N) is 2. The number of carbonyl (C=O) groups is 1. The third-order valence-electron chi connectivity index (χ3n) is 3.09. The molecule has 5 nitrogen and oxygen atoms in total. The minimum atomic E-state index is -0.303. The van der Waals surface area contributed by atoms with E-state index < -0.39 is 0 Å². The lowest BCUT2D eigenvalue weighted by molar-refractivity contribution is -0.134. The van der Waals surface area contributed by atoms with Crippen LogP contribution in [0.2, 0.25) is 0 Å². The topological polar surface area (TPSA) is 73.6 Å². The quantitative estimate of drug-likeness (QED) is 0.826. The maximum absolute atomic E-state index is 12.0. The second-order valence-corrected chi connectivity index (χ2v) is 4.53. The average Bonchev–Trinajstić information content (AvgIpc) is 2.52. The molecule has 0 saturated carbocycles. The molecule has 2 rings (SSSR count). The van der Waals surface area contributed by atoms with Gasteiger partial charge in [-0.05, 0) is 23.8 Å². The molecule has 0 aromatic heterocycles. The smallest absolute Gasteiger partial charge is 0.246 e. The van der Waals surface area contributed by atoms with Crippen LogP contribution in [0.4, 0.5) is 0 Å². The molecule has 0 aliphatic carbocycles. The van der Waals surface area contributed by atoms with Gasteiger partial charge in [-0.3, -0.25) is 4.79 Å². The Labute approximate surface area is 117 Å². The monoisotopic (exact) mass is 272 g/mol. The SMILES string of the molecule is N#Cc1cccc(/C=C/C(=O)N2CCOC(CO)C2)c1. The summed E-state index contributed by atoms with van der Waals surface area (Å²) in [7, 11) is 0. The molecule has 20 heavy (non-hydrogen) atoms. The van der Waals surface area contributed by atoms with Gasteiger partial charge in [0.05, 0.1) is 31.0 Å². The lowest BCUT2D eigenvalue weighted by atomic mass is 10.1. The van der Waals surface area contributed by atoms with E-state index in [4.69, 9.17) is 15.1 Å². The van der Waals surface area contributed by atoms with E-state index in [0.29, 0.717) is 25.3 Å². The van der Waals surface area contributed by atoms with Crippen molar-refractivity contribution < 1.29 is 14.6 Å². The first kappa shape index (κ1) is 14.3. The summed E-state index contributed by atoms with van der Waals surface area (Å²) in [5, 5.41) is 17.9. The van der Waals surface area contributed by atoms with Crippen LogP contribution in [0.25, 0.3) is 6.08 Å². The minimum absolute atomic E-state index is 0.0856. The minimum Gasteiger partial charge on any atom is -0.394 e. The molecule has 1 saturated heterocycles. The van der Waals surface area contributed by atoms with Gasteiger partial charge in [-0.1, -0.05) is 12.1 Å². The van der Waals surface area contributed by atoms with Crippen molar-refractivity contribution in [2.45, 2.75) is 6.10 Å². The first-order chi connectivity index (χ1) is 9.72. The number of benzene rings is 1. The van der Waals surface area contributed by atoms with Crippen LogP contribution >= 0.6 is 0 Å². The molecule has 1 aromatic carbocycles. The van der Waals surface area contributed by atoms with Gasteiger partial charge < -0.3 is 14.7 Å². The molecule has 0 bridgehead atoms. The summed E-state index contributed by atoms with van der Waals surface area (Å²) in [6.07, 6.45) is 2.87. The summed E-state index contributed by atoms with van der Waals surface area (Å²) in [4.78, 5) is 13.7. The molecular weight excluding hydrogens is 256 g/mol. The molecule has 1 amide bonds. The Balaban J connectivity index is 1.99. The lowest BCUT2D eigenvalue weighted by Gasteiger charge is -2.31. The highest BCUT2D eigenvalue weighted by Gasteiger charge is 2.21. The van der Waals surface area contributed by atoms with Crippen molar-refractivity contribution in [1.82, 2.24) is 4.90 Å². The van der Waals surface area contributed by atoms with E-state index in [1.54, 1.807) is 29.2 Å². The van der Waals surface area contributed by atoms with Crippen molar-refractivity contribution in [3.05, 3.63) is 41.5 Å². The van der Waals surface area contributed by atoms with E-state index in [1.165, 1.54) is 6.08 Å². The summed E-state index contributed by atoms with van der Waals surface area (Å²) >= 11 is 0. The molecule has 1 aromatic rings. The van der Waals surface area contributed by atoms with Crippen LogP contribution in [-0.4, -0.2) is 48.3 Å². The molecule has 1 aliphatic rings. The van der Waals surface area contributed by atoms with E-state index in [2.05, 4.69) is 6.07 Å². The van der Waals surface area contributed by atoms with Crippen molar-refractivity contribution in [2.24, 2.45) is 0 Å². The Bertz CT molecular complexity index is 548. The van der Waals surface area contributed by atoms with Gasteiger partial charge in [0, 0.05) is 19.2 Å². The van der Waals surface area contributed by atoms with E-state index in [-0.39, 0.29) is 18.6 Å². The number of amides is 1. The van der Waals surface area contributed by atoms with Crippen LogP contribution in [0.1, 0.15) is 11.1 Å². The lowest BCUT2D eigenvalue weighted by Crippen LogP contribution is -2.46. The first-order valence-corrected chi connectivity index (χ1v) is 6.42. The Kier molecular flexibility index (Phi) is 4.88. The molecule has 1 heterocycles. The second kappa shape index (κ2) is 6.85. The van der Waals surface area contributed by atoms with Gasteiger partial charge in [0.15, 0.2) is 0 Å². The zero-order valence-electron chi connectivity index (χ0n) is 11.0. The summed E-state index contributed by atoms with van der Waals surface area (Å²) in [5.41, 5.74) is 1.37. The van der Waals surface area contributed by atoms with Gasteiger partial charge in [-0.25, -0.2) is 0 Å². The number of nitriles is 1. The molecule has 104 valence electrons. The molecular formula is C15H16N2O3. The highest BCUT2D eigenvalue weighted by Crippen LogP contribution is 2.09. The van der Waals surface area contributed by atoms with Crippen molar-refractivity contribution in [2.75, 3.05) is 26.3 Å². The molecule has 1 fully saturated rings. The standard InChI is InChI=1S/C15H16N2O3/c16-9-13-3-1-2-12(8-13)4-5-15(19)17-6-7-20-14(10-17)11-18/h1-5,8,14,18H,6-7,10-11H2/b5-4+. The van der Waals surface area contributed by atoms with Crippen molar-refractivity contribution in [3.8, 4) is 6.07 Å². The Morgan fingerprint density at radius 2 is 2.45 bits per heavy atom. The number of carbonyl (C=O) groups excluding carboxylic acids is 1. The van der Waals surface area contributed by atoms with Gasteiger partial charge in [0.2, 0.25) is 5.91 Å². The molecule has 0 spiro atoms. The zero-order valence-corrected chi connectivity index (χ0v) is 11.0. The van der Waals surface area contributed by atoms with Gasteiger partial charge in [0.1, 0.15) is 0 Å². The van der Waals surface area contributed by atoms with Crippen LogP contribution in [0.3, 0.4) is 0 Å². The largest absolute Gasteiger partial charge is 0.394 e. The molecule has 0 radical (unpaired) electrons. The fourth-order valence-electron chi connectivity index (χ4n) is 2.01. The summed E-state index contributed by atoms with van der Waals surface area (Å²) in [5.74, 6) is -0.117. The fourth-order valence-corrected chi connectivity index (χ4v) is 2.01. The number of morpholine rings is 1. The Morgan fingerprint density at radius 1 is 1.60 bits per heavy atom. The van der Waals surface area contributed by atoms with Crippen LogP contribution in [0.5, 0.6) is 0 Å². The van der Waals surface area contributed by atoms with Crippen LogP contribution in [-0.2, 0) is 9.53 Å². The average molecular weight is 272 g/mol. The van der Waals surface area contributed by atoms with E-state index in [0.717, 1.165) is 5.56 Å². The summed E-state index contributed by atoms with van der Waals surface area (Å²) < 4.78 is 5.30. The Hall–Kier alpha value is -2.16. The van der Waals surface area contributed by atoms with Crippen molar-refractivity contribution in [3.63, 3.8) is 0 Å². The highest BCUT2D eigenvalue weighted by atomic mass is 16.5. The molecule has 1 N–H and O–H groups in total. The number of aliphatic hydroxyl groups excluding tert-OH is 1. The van der Waals surface area contributed by atoms with Crippen molar-refractivity contribution >= 4 is 12.0 Å². The molecule has 1 aliphatic heterocycles. The van der Waals surface area contributed by atoms with E-state index >= 15 is 0 Å².